The van der Waals surface area contributed by atoms with Crippen molar-refractivity contribution in [2.75, 3.05) is 13.2 Å². The highest BCUT2D eigenvalue weighted by molar-refractivity contribution is 5.79. The number of carbonyl (C=O) groups excluding carboxylic acids is 7. The van der Waals surface area contributed by atoms with Crippen LogP contribution in [-0.2, 0) is 71.5 Å². The lowest BCUT2D eigenvalue weighted by molar-refractivity contribution is -0.299. The Hall–Kier alpha value is -3.99. The first-order chi connectivity index (χ1) is 57.6. The number of esters is 4. The fraction of sp³-hybridized carbons (Fsp3) is 0.928. The van der Waals surface area contributed by atoms with Gasteiger partial charge in [0.25, 0.3) is 6.47 Å². The lowest BCUT2D eigenvalue weighted by atomic mass is 9.95. The second kappa shape index (κ2) is 77.8. The Morgan fingerprint density at radius 3 is 0.907 bits per heavy atom. The van der Waals surface area contributed by atoms with E-state index >= 15 is 0 Å². The molecular weight excluding hydrogens is 1500 g/mol. The van der Waals surface area contributed by atoms with Crippen molar-refractivity contribution in [1.29, 1.82) is 0 Å². The Morgan fingerprint density at radius 1 is 0.331 bits per heavy atom. The quantitative estimate of drug-likeness (QED) is 0.0143. The number of rotatable bonds is 84. The third-order valence-electron chi connectivity index (χ3n) is 24.1. The molecule has 2 aliphatic rings. The number of unbranched alkanes of at least 4 members (excludes halogenated alkanes) is 54. The van der Waals surface area contributed by atoms with Crippen molar-refractivity contribution < 1.29 is 91.9 Å². The second-order valence-corrected chi connectivity index (χ2v) is 35.1. The van der Waals surface area contributed by atoms with Gasteiger partial charge in [0.15, 0.2) is 24.8 Å². The summed E-state index contributed by atoms with van der Waals surface area (Å²) < 4.78 is 48.9. The van der Waals surface area contributed by atoms with Crippen LogP contribution in [-0.4, -0.2) is 155 Å². The monoisotopic (exact) mass is 1680 g/mol. The van der Waals surface area contributed by atoms with Crippen molar-refractivity contribution in [3.8, 4) is 0 Å². The molecular formula is C97H180N2O19. The summed E-state index contributed by atoms with van der Waals surface area (Å²) in [7, 11) is 0. The number of hydrogen-bond donors (Lipinski definition) is 6. The van der Waals surface area contributed by atoms with Crippen molar-refractivity contribution in [2.45, 2.75) is 564 Å². The van der Waals surface area contributed by atoms with Crippen LogP contribution in [0.3, 0.4) is 0 Å². The zero-order chi connectivity index (χ0) is 86.0. The fourth-order valence-corrected chi connectivity index (χ4v) is 16.6. The molecule has 21 heteroatoms. The van der Waals surface area contributed by atoms with E-state index in [1.807, 2.05) is 0 Å². The number of aliphatic hydroxyl groups is 4. The molecule has 0 spiro atoms. The Bertz CT molecular complexity index is 2390. The van der Waals surface area contributed by atoms with Gasteiger partial charge in [-0.1, -0.05) is 388 Å². The first-order valence-electron chi connectivity index (χ1n) is 49.6. The minimum Gasteiger partial charge on any atom is -0.462 e. The van der Waals surface area contributed by atoms with E-state index in [-0.39, 0.29) is 44.5 Å². The van der Waals surface area contributed by atoms with Crippen LogP contribution in [0.15, 0.2) is 0 Å². The summed E-state index contributed by atoms with van der Waals surface area (Å²) in [5.74, 6) is -3.43. The minimum atomic E-state index is -1.92. The second-order valence-electron chi connectivity index (χ2n) is 35.1. The number of ether oxygens (including phenoxy) is 8. The molecule has 0 aromatic rings. The fourth-order valence-electron chi connectivity index (χ4n) is 16.6. The van der Waals surface area contributed by atoms with Crippen LogP contribution >= 0.6 is 0 Å². The van der Waals surface area contributed by atoms with Crippen LogP contribution in [0.2, 0.25) is 0 Å². The van der Waals surface area contributed by atoms with E-state index in [4.69, 9.17) is 37.9 Å². The average molecular weight is 1680 g/mol. The molecule has 21 nitrogen and oxygen atoms in total. The van der Waals surface area contributed by atoms with Gasteiger partial charge in [0.1, 0.15) is 54.8 Å². The lowest BCUT2D eigenvalue weighted by Gasteiger charge is -2.46. The van der Waals surface area contributed by atoms with E-state index < -0.39 is 129 Å². The molecule has 692 valence electrons. The van der Waals surface area contributed by atoms with Gasteiger partial charge in [-0.2, -0.15) is 0 Å². The number of hydrogen-bond acceptors (Lipinski definition) is 19. The van der Waals surface area contributed by atoms with Crippen LogP contribution < -0.4 is 10.6 Å². The van der Waals surface area contributed by atoms with Crippen LogP contribution in [0.4, 0.5) is 0 Å². The van der Waals surface area contributed by atoms with E-state index in [1.165, 1.54) is 186 Å². The summed E-state index contributed by atoms with van der Waals surface area (Å²) in [5, 5.41) is 51.9. The topological polar surface area (TPSA) is 298 Å². The molecule has 13 atom stereocenters. The highest BCUT2D eigenvalue weighted by Gasteiger charge is 2.52. The van der Waals surface area contributed by atoms with E-state index in [2.05, 4.69) is 52.2 Å². The summed E-state index contributed by atoms with van der Waals surface area (Å²) in [6.07, 6.45) is 50.4. The molecule has 0 aliphatic carbocycles. The van der Waals surface area contributed by atoms with Gasteiger partial charge in [-0.15, -0.1) is 0 Å². The zero-order valence-corrected chi connectivity index (χ0v) is 76.2. The van der Waals surface area contributed by atoms with Gasteiger partial charge < -0.3 is 69.0 Å². The van der Waals surface area contributed by atoms with Crippen molar-refractivity contribution in [2.24, 2.45) is 0 Å². The molecule has 118 heavy (non-hydrogen) atoms. The van der Waals surface area contributed by atoms with Gasteiger partial charge in [0, 0.05) is 19.3 Å². The molecule has 2 fully saturated rings. The normalized spacial score (nSPS) is 20.1. The maximum absolute atomic E-state index is 14.9. The van der Waals surface area contributed by atoms with Crippen molar-refractivity contribution in [3.63, 3.8) is 0 Å². The Balaban J connectivity index is 2.51. The van der Waals surface area contributed by atoms with Gasteiger partial charge >= 0.3 is 23.9 Å². The Kier molecular flexibility index (Phi) is 72.6. The highest BCUT2D eigenvalue weighted by Crippen LogP contribution is 2.32. The van der Waals surface area contributed by atoms with E-state index in [0.29, 0.717) is 51.4 Å². The smallest absolute Gasteiger partial charge is 0.310 e. The molecule has 2 aliphatic heterocycles. The number of carbonyl (C=O) groups is 7. The van der Waals surface area contributed by atoms with Gasteiger partial charge in [-0.05, 0) is 57.8 Å². The lowest BCUT2D eigenvalue weighted by Crippen LogP contribution is -2.67. The predicted molar refractivity (Wildman–Crippen MR) is 472 cm³/mol. The zero-order valence-electron chi connectivity index (χ0n) is 76.2. The molecule has 0 saturated carbocycles. The summed E-state index contributed by atoms with van der Waals surface area (Å²) in [6, 6.07) is -3.12. The molecule has 0 aromatic carbocycles. The van der Waals surface area contributed by atoms with Crippen molar-refractivity contribution in [3.05, 3.63) is 0 Å². The number of nitrogens with one attached hydrogen (secondary N) is 2. The maximum Gasteiger partial charge on any atom is 0.310 e. The molecule has 0 aromatic heterocycles. The first kappa shape index (κ1) is 110. The SMILES string of the molecule is CCCCCCCCCCCCCCCC(=O)O[C@@H](CCCCCCCCCCC)CC(=O)NC1C(O)OC(COC2OC(CO)C(OC=O)C(OC(=O)C[C@H](CCCCCCCCCCC)OC(=O)CCCCCCCCCCCCC)C2NC(=O)C[C@H](CCCCCCCCCCC)OC(=O)CCCCCCCCCCC)C(O)C1O. The molecule has 0 radical (unpaired) electrons. The predicted octanol–water partition coefficient (Wildman–Crippen LogP) is 22.4. The van der Waals surface area contributed by atoms with Gasteiger partial charge in [0.2, 0.25) is 11.8 Å². The Labute approximate surface area is 718 Å². The van der Waals surface area contributed by atoms with E-state index in [9.17, 15) is 54.0 Å². The molecule has 2 saturated heterocycles. The first-order valence-corrected chi connectivity index (χ1v) is 49.6. The van der Waals surface area contributed by atoms with Crippen LogP contribution in [0, 0.1) is 0 Å². The third kappa shape index (κ3) is 58.2. The Morgan fingerprint density at radius 2 is 0.610 bits per heavy atom. The molecule has 0 bridgehead atoms. The standard InChI is InChI=1S/C97H180N2O19/c1-7-13-19-25-31-37-39-40-42-48-54-59-65-70-86(104)113-79(67-61-55-49-43-33-27-21-15-9-3)73-84(102)98-90-93(109)92(108)83(116-96(90)110)77-111-97-91(99-85(103)74-80(68-62-56-50-44-34-28-22-16-10-4)114-87(105)71-64-58-52-46-36-30-24-18-12-6)95(94(112-78-101)82(76-100)117-97)118-89(107)75-81(69-63-57-51-45-35-29-23-17-11-5)115-88(106)72-66-60-53-47-41-38-32-26-20-14-8-2/h78-83,90-97,100,108-110H,7-77H2,1-6H3,(H,98,102)(H,99,103)/t79-,80-,81-,82?,83?,90?,91?,92?,93?,94?,95?,96?,97?/m0/s1. The summed E-state index contributed by atoms with van der Waals surface area (Å²) >= 11 is 0. The molecule has 2 heterocycles. The van der Waals surface area contributed by atoms with Crippen LogP contribution in [0.1, 0.15) is 485 Å². The highest BCUT2D eigenvalue weighted by atomic mass is 16.7. The van der Waals surface area contributed by atoms with Gasteiger partial charge in [0.05, 0.1) is 32.5 Å². The summed E-state index contributed by atoms with van der Waals surface area (Å²) in [6.45, 7) is 11.9. The number of amides is 2. The molecule has 2 amide bonds. The van der Waals surface area contributed by atoms with Crippen molar-refractivity contribution in [1.82, 2.24) is 10.6 Å². The van der Waals surface area contributed by atoms with E-state index in [1.54, 1.807) is 0 Å². The summed E-state index contributed by atoms with van der Waals surface area (Å²) in [4.78, 5) is 97.2. The molecule has 6 N–H and O–H groups in total. The average Bonchev–Trinajstić information content (AvgIpc) is 0.783. The third-order valence-corrected chi connectivity index (χ3v) is 24.1. The molecule has 10 unspecified atom stereocenters. The van der Waals surface area contributed by atoms with Crippen molar-refractivity contribution >= 4 is 42.2 Å². The van der Waals surface area contributed by atoms with Crippen LogP contribution in [0.5, 0.6) is 0 Å². The molecule has 2 rings (SSSR count). The number of aliphatic hydroxyl groups excluding tert-OH is 4. The van der Waals surface area contributed by atoms with E-state index in [0.717, 1.165) is 167 Å². The summed E-state index contributed by atoms with van der Waals surface area (Å²) in [5.41, 5.74) is 0. The minimum absolute atomic E-state index is 0.116. The van der Waals surface area contributed by atoms with Crippen LogP contribution in [0.25, 0.3) is 0 Å². The largest absolute Gasteiger partial charge is 0.462 e. The van der Waals surface area contributed by atoms with Gasteiger partial charge in [-0.3, -0.25) is 33.6 Å². The van der Waals surface area contributed by atoms with Gasteiger partial charge in [-0.25, -0.2) is 0 Å². The maximum atomic E-state index is 14.9.